The van der Waals surface area contributed by atoms with E-state index in [4.69, 9.17) is 4.74 Å². The molecule has 0 aliphatic carbocycles. The highest BCUT2D eigenvalue weighted by molar-refractivity contribution is 5.95. The van der Waals surface area contributed by atoms with Crippen LogP contribution in [-0.2, 0) is 4.79 Å². The predicted octanol–water partition coefficient (Wildman–Crippen LogP) is 3.52. The van der Waals surface area contributed by atoms with Crippen LogP contribution in [-0.4, -0.2) is 29.6 Å². The molecule has 32 heavy (non-hydrogen) atoms. The number of non-ortho nitro benzene ring substituents is 1. The van der Waals surface area contributed by atoms with Crippen LogP contribution in [0, 0.1) is 15.9 Å². The zero-order valence-corrected chi connectivity index (χ0v) is 16.5. The van der Waals surface area contributed by atoms with Crippen molar-refractivity contribution in [3.05, 3.63) is 99.9 Å². The number of hydrazone groups is 1. The summed E-state index contributed by atoms with van der Waals surface area (Å²) in [5.41, 5.74) is 3.34. The molecule has 10 heteroatoms. The van der Waals surface area contributed by atoms with E-state index in [9.17, 15) is 24.1 Å². The number of nitrogens with one attached hydrogen (secondary N) is 2. The molecule has 3 aromatic carbocycles. The molecule has 0 aliphatic rings. The number of amides is 2. The minimum Gasteiger partial charge on any atom is -0.483 e. The van der Waals surface area contributed by atoms with E-state index in [1.807, 2.05) is 0 Å². The number of para-hydroxylation sites is 1. The molecule has 162 valence electrons. The van der Waals surface area contributed by atoms with Gasteiger partial charge in [-0.05, 0) is 48.5 Å². The number of nitrogens with zero attached hydrogens (tertiary/aromatic N) is 2. The lowest BCUT2D eigenvalue weighted by atomic mass is 10.2. The summed E-state index contributed by atoms with van der Waals surface area (Å²) in [6, 6.07) is 17.1. The fraction of sp³-hybridized carbons (Fsp3) is 0.0455. The first kappa shape index (κ1) is 22.1. The summed E-state index contributed by atoms with van der Waals surface area (Å²) in [7, 11) is 0. The standard InChI is InChI=1S/C22H17FN4O5/c23-17-7-9-18(10-8-17)25-21(28)14-32-20-4-2-1-3-16(20)13-24-26-22(29)15-5-11-19(12-6-15)27(30)31/h1-13H,14H2,(H,25,28)(H,26,29). The molecule has 3 rings (SSSR count). The number of benzene rings is 3. The third-order valence-electron chi connectivity index (χ3n) is 4.12. The van der Waals surface area contributed by atoms with Crippen molar-refractivity contribution in [2.45, 2.75) is 0 Å². The second kappa shape index (κ2) is 10.4. The summed E-state index contributed by atoms with van der Waals surface area (Å²) in [6.45, 7) is -0.294. The maximum Gasteiger partial charge on any atom is 0.271 e. The van der Waals surface area contributed by atoms with Gasteiger partial charge < -0.3 is 10.1 Å². The average Bonchev–Trinajstić information content (AvgIpc) is 2.80. The summed E-state index contributed by atoms with van der Waals surface area (Å²) in [6.07, 6.45) is 1.34. The Morgan fingerprint density at radius 1 is 1.03 bits per heavy atom. The Balaban J connectivity index is 1.56. The van der Waals surface area contributed by atoms with Gasteiger partial charge in [-0.25, -0.2) is 9.82 Å². The van der Waals surface area contributed by atoms with Crippen LogP contribution in [0.15, 0.2) is 77.9 Å². The zero-order valence-electron chi connectivity index (χ0n) is 16.5. The number of anilines is 1. The van der Waals surface area contributed by atoms with E-state index in [1.54, 1.807) is 24.3 Å². The number of rotatable bonds is 8. The minimum atomic E-state index is -0.559. The summed E-state index contributed by atoms with van der Waals surface area (Å²) in [5.74, 6) is -1.04. The number of nitro groups is 1. The van der Waals surface area contributed by atoms with Crippen molar-refractivity contribution < 1.29 is 23.6 Å². The van der Waals surface area contributed by atoms with Gasteiger partial charge in [0, 0.05) is 28.9 Å². The highest BCUT2D eigenvalue weighted by atomic mass is 19.1. The topological polar surface area (TPSA) is 123 Å². The Morgan fingerprint density at radius 3 is 2.41 bits per heavy atom. The van der Waals surface area contributed by atoms with Crippen LogP contribution in [0.3, 0.4) is 0 Å². The van der Waals surface area contributed by atoms with E-state index >= 15 is 0 Å². The first-order valence-electron chi connectivity index (χ1n) is 9.27. The van der Waals surface area contributed by atoms with Crippen molar-refractivity contribution in [2.24, 2.45) is 5.10 Å². The Bertz CT molecular complexity index is 1150. The van der Waals surface area contributed by atoms with E-state index in [0.717, 1.165) is 0 Å². The van der Waals surface area contributed by atoms with E-state index in [2.05, 4.69) is 15.8 Å². The molecule has 0 heterocycles. The van der Waals surface area contributed by atoms with Gasteiger partial charge >= 0.3 is 0 Å². The van der Waals surface area contributed by atoms with Gasteiger partial charge in [-0.2, -0.15) is 5.10 Å². The van der Waals surface area contributed by atoms with Crippen molar-refractivity contribution in [1.29, 1.82) is 0 Å². The number of halogens is 1. The lowest BCUT2D eigenvalue weighted by Crippen LogP contribution is -2.20. The molecule has 0 aliphatic heterocycles. The molecule has 0 spiro atoms. The van der Waals surface area contributed by atoms with Crippen LogP contribution < -0.4 is 15.5 Å². The van der Waals surface area contributed by atoms with Gasteiger partial charge in [-0.1, -0.05) is 12.1 Å². The Morgan fingerprint density at radius 2 is 1.72 bits per heavy atom. The molecule has 0 aromatic heterocycles. The highest BCUT2D eigenvalue weighted by Crippen LogP contribution is 2.16. The quantitative estimate of drug-likeness (QED) is 0.318. The largest absolute Gasteiger partial charge is 0.483 e. The molecule has 0 bridgehead atoms. The summed E-state index contributed by atoms with van der Waals surface area (Å²) >= 11 is 0. The van der Waals surface area contributed by atoms with Crippen LogP contribution in [0.2, 0.25) is 0 Å². The van der Waals surface area contributed by atoms with Gasteiger partial charge in [0.2, 0.25) is 0 Å². The molecular formula is C22H17FN4O5. The lowest BCUT2D eigenvalue weighted by Gasteiger charge is -2.09. The molecular weight excluding hydrogens is 419 g/mol. The van der Waals surface area contributed by atoms with E-state index in [1.165, 1.54) is 54.7 Å². The second-order valence-corrected chi connectivity index (χ2v) is 6.38. The summed E-state index contributed by atoms with van der Waals surface area (Å²) < 4.78 is 18.4. The zero-order chi connectivity index (χ0) is 22.9. The Labute approximate surface area is 181 Å². The first-order valence-corrected chi connectivity index (χ1v) is 9.27. The number of carbonyl (C=O) groups excluding carboxylic acids is 2. The average molecular weight is 436 g/mol. The third-order valence-corrected chi connectivity index (χ3v) is 4.12. The van der Waals surface area contributed by atoms with E-state index < -0.39 is 22.6 Å². The first-order chi connectivity index (χ1) is 15.4. The van der Waals surface area contributed by atoms with E-state index in [-0.39, 0.29) is 17.9 Å². The predicted molar refractivity (Wildman–Crippen MR) is 115 cm³/mol. The highest BCUT2D eigenvalue weighted by Gasteiger charge is 2.09. The molecule has 0 radical (unpaired) electrons. The fourth-order valence-electron chi connectivity index (χ4n) is 2.55. The van der Waals surface area contributed by atoms with Crippen molar-refractivity contribution in [3.63, 3.8) is 0 Å². The molecule has 0 fully saturated rings. The smallest absolute Gasteiger partial charge is 0.271 e. The van der Waals surface area contributed by atoms with Crippen molar-refractivity contribution in [1.82, 2.24) is 5.43 Å². The number of ether oxygens (including phenoxy) is 1. The summed E-state index contributed by atoms with van der Waals surface area (Å²) in [4.78, 5) is 34.3. The number of carbonyl (C=O) groups is 2. The molecule has 9 nitrogen and oxygen atoms in total. The van der Waals surface area contributed by atoms with Gasteiger partial charge in [0.15, 0.2) is 6.61 Å². The summed E-state index contributed by atoms with van der Waals surface area (Å²) in [5, 5.41) is 17.1. The molecule has 0 atom stereocenters. The lowest BCUT2D eigenvalue weighted by molar-refractivity contribution is -0.384. The van der Waals surface area contributed by atoms with Gasteiger partial charge in [0.05, 0.1) is 11.1 Å². The van der Waals surface area contributed by atoms with Crippen molar-refractivity contribution in [2.75, 3.05) is 11.9 Å². The monoisotopic (exact) mass is 436 g/mol. The molecule has 2 N–H and O–H groups in total. The second-order valence-electron chi connectivity index (χ2n) is 6.38. The molecule has 0 saturated heterocycles. The molecule has 3 aromatic rings. The van der Waals surface area contributed by atoms with Crippen LogP contribution in [0.4, 0.5) is 15.8 Å². The maximum absolute atomic E-state index is 12.9. The van der Waals surface area contributed by atoms with Gasteiger partial charge in [0.1, 0.15) is 11.6 Å². The van der Waals surface area contributed by atoms with Gasteiger partial charge in [-0.3, -0.25) is 19.7 Å². The number of hydrogen-bond acceptors (Lipinski definition) is 6. The maximum atomic E-state index is 12.9. The van der Waals surface area contributed by atoms with Crippen LogP contribution in [0.25, 0.3) is 0 Å². The van der Waals surface area contributed by atoms with Crippen LogP contribution in [0.5, 0.6) is 5.75 Å². The van der Waals surface area contributed by atoms with Gasteiger partial charge in [-0.15, -0.1) is 0 Å². The minimum absolute atomic E-state index is 0.125. The molecule has 0 unspecified atom stereocenters. The third kappa shape index (κ3) is 6.20. The van der Waals surface area contributed by atoms with E-state index in [0.29, 0.717) is 17.0 Å². The Hall–Kier alpha value is -4.60. The van der Waals surface area contributed by atoms with Crippen molar-refractivity contribution >= 4 is 29.4 Å². The SMILES string of the molecule is O=C(COc1ccccc1C=NNC(=O)c1ccc([N+](=O)[O-])cc1)Nc1ccc(F)cc1. The Kier molecular flexibility index (Phi) is 7.20. The normalized spacial score (nSPS) is 10.5. The molecule has 2 amide bonds. The van der Waals surface area contributed by atoms with Crippen LogP contribution in [0.1, 0.15) is 15.9 Å². The fourth-order valence-corrected chi connectivity index (χ4v) is 2.55. The van der Waals surface area contributed by atoms with Gasteiger partial charge in [0.25, 0.3) is 17.5 Å². The van der Waals surface area contributed by atoms with Crippen molar-refractivity contribution in [3.8, 4) is 5.75 Å². The number of hydrogen-bond donors (Lipinski definition) is 2. The molecule has 0 saturated carbocycles. The number of nitro benzene ring substituents is 1. The van der Waals surface area contributed by atoms with Crippen LogP contribution >= 0.6 is 0 Å².